The zero-order valence-electron chi connectivity index (χ0n) is 10.5. The Kier molecular flexibility index (Phi) is 4.66. The highest BCUT2D eigenvalue weighted by Gasteiger charge is 2.16. The molecule has 0 radical (unpaired) electrons. The van der Waals surface area contributed by atoms with E-state index in [4.69, 9.17) is 4.42 Å². The molecule has 0 bridgehead atoms. The van der Waals surface area contributed by atoms with Gasteiger partial charge in [0.2, 0.25) is 5.09 Å². The van der Waals surface area contributed by atoms with Crippen LogP contribution in [0.15, 0.2) is 39.8 Å². The zero-order chi connectivity index (χ0) is 14.8. The van der Waals surface area contributed by atoms with E-state index in [-0.39, 0.29) is 10.9 Å². The first-order chi connectivity index (χ1) is 9.42. The van der Waals surface area contributed by atoms with E-state index in [2.05, 4.69) is 10.0 Å². The lowest BCUT2D eigenvalue weighted by molar-refractivity contribution is 0.417. The SMILES string of the molecule is CNS(=O)(=O)c1ccc(CNc2ccc(F)cc2I)o1. The number of anilines is 1. The third-order valence-corrected chi connectivity index (χ3v) is 4.73. The van der Waals surface area contributed by atoms with Crippen molar-refractivity contribution in [2.75, 3.05) is 12.4 Å². The molecule has 20 heavy (non-hydrogen) atoms. The van der Waals surface area contributed by atoms with Crippen molar-refractivity contribution >= 4 is 38.3 Å². The summed E-state index contributed by atoms with van der Waals surface area (Å²) in [5.41, 5.74) is 0.751. The summed E-state index contributed by atoms with van der Waals surface area (Å²) >= 11 is 2.01. The summed E-state index contributed by atoms with van der Waals surface area (Å²) in [4.78, 5) is 0. The maximum atomic E-state index is 13.0. The highest BCUT2D eigenvalue weighted by molar-refractivity contribution is 14.1. The molecule has 0 atom stereocenters. The molecule has 0 saturated carbocycles. The maximum absolute atomic E-state index is 13.0. The molecule has 1 heterocycles. The molecular formula is C12H12FIN2O3S. The fraction of sp³-hybridized carbons (Fsp3) is 0.167. The average Bonchev–Trinajstić information content (AvgIpc) is 2.87. The molecule has 2 N–H and O–H groups in total. The summed E-state index contributed by atoms with van der Waals surface area (Å²) in [5, 5.41) is 2.92. The van der Waals surface area contributed by atoms with Gasteiger partial charge in [-0.25, -0.2) is 17.5 Å². The number of sulfonamides is 1. The Morgan fingerprint density at radius 2 is 2.05 bits per heavy atom. The topological polar surface area (TPSA) is 71.3 Å². The second-order valence-electron chi connectivity index (χ2n) is 3.91. The highest BCUT2D eigenvalue weighted by Crippen LogP contribution is 2.21. The van der Waals surface area contributed by atoms with Gasteiger partial charge in [0, 0.05) is 9.26 Å². The quantitative estimate of drug-likeness (QED) is 0.744. The van der Waals surface area contributed by atoms with Crippen LogP contribution in [0.4, 0.5) is 10.1 Å². The number of furan rings is 1. The molecule has 108 valence electrons. The summed E-state index contributed by atoms with van der Waals surface area (Å²) < 4.78 is 44.1. The summed E-state index contributed by atoms with van der Waals surface area (Å²) in [5.74, 6) is 0.166. The van der Waals surface area contributed by atoms with Gasteiger partial charge < -0.3 is 9.73 Å². The van der Waals surface area contributed by atoms with Crippen molar-refractivity contribution in [2.45, 2.75) is 11.6 Å². The lowest BCUT2D eigenvalue weighted by Crippen LogP contribution is -2.17. The Morgan fingerprint density at radius 1 is 1.30 bits per heavy atom. The number of hydrogen-bond donors (Lipinski definition) is 2. The number of halogens is 2. The van der Waals surface area contributed by atoms with Gasteiger partial charge in [-0.15, -0.1) is 0 Å². The molecule has 2 rings (SSSR count). The Balaban J connectivity index is 2.08. The molecule has 5 nitrogen and oxygen atoms in total. The van der Waals surface area contributed by atoms with Crippen molar-refractivity contribution in [3.05, 3.63) is 45.5 Å². The van der Waals surface area contributed by atoms with Crippen molar-refractivity contribution in [3.63, 3.8) is 0 Å². The molecule has 1 aromatic heterocycles. The summed E-state index contributed by atoms with van der Waals surface area (Å²) in [6.45, 7) is 0.306. The molecule has 0 aliphatic rings. The minimum absolute atomic E-state index is 0.134. The molecule has 2 aromatic rings. The van der Waals surface area contributed by atoms with Crippen LogP contribution in [0.3, 0.4) is 0 Å². The van der Waals surface area contributed by atoms with Crippen molar-refractivity contribution in [1.82, 2.24) is 4.72 Å². The van der Waals surface area contributed by atoms with Crippen molar-refractivity contribution in [2.24, 2.45) is 0 Å². The lowest BCUT2D eigenvalue weighted by Gasteiger charge is -2.06. The van der Waals surface area contributed by atoms with Gasteiger partial charge in [-0.1, -0.05) is 0 Å². The van der Waals surface area contributed by atoms with E-state index in [0.717, 1.165) is 9.26 Å². The molecule has 0 aliphatic heterocycles. The van der Waals surface area contributed by atoms with Crippen molar-refractivity contribution in [1.29, 1.82) is 0 Å². The van der Waals surface area contributed by atoms with Gasteiger partial charge in [0.15, 0.2) is 0 Å². The standard InChI is InChI=1S/C12H12FIN2O3S/c1-15-20(17,18)12-5-3-9(19-12)7-16-11-4-2-8(13)6-10(11)14/h2-6,15-16H,7H2,1H3. The smallest absolute Gasteiger partial charge is 0.273 e. The minimum atomic E-state index is -3.57. The fourth-order valence-corrected chi connectivity index (χ4v) is 2.85. The fourth-order valence-electron chi connectivity index (χ4n) is 1.51. The van der Waals surface area contributed by atoms with E-state index in [0.29, 0.717) is 12.3 Å². The Hall–Kier alpha value is -1.13. The molecule has 0 saturated heterocycles. The molecule has 0 aliphatic carbocycles. The predicted molar refractivity (Wildman–Crippen MR) is 81.4 cm³/mol. The van der Waals surface area contributed by atoms with Crippen LogP contribution in [0, 0.1) is 9.39 Å². The van der Waals surface area contributed by atoms with Crippen LogP contribution < -0.4 is 10.0 Å². The van der Waals surface area contributed by atoms with Crippen LogP contribution in [-0.4, -0.2) is 15.5 Å². The second kappa shape index (κ2) is 6.10. The largest absolute Gasteiger partial charge is 0.446 e. The monoisotopic (exact) mass is 410 g/mol. The highest BCUT2D eigenvalue weighted by atomic mass is 127. The van der Waals surface area contributed by atoms with Gasteiger partial charge in [-0.3, -0.25) is 0 Å². The van der Waals surface area contributed by atoms with Crippen LogP contribution in [0.25, 0.3) is 0 Å². The number of nitrogens with one attached hydrogen (secondary N) is 2. The minimum Gasteiger partial charge on any atom is -0.446 e. The van der Waals surface area contributed by atoms with Gasteiger partial charge in [0.1, 0.15) is 11.6 Å². The maximum Gasteiger partial charge on any atom is 0.273 e. The van der Waals surface area contributed by atoms with Crippen LogP contribution >= 0.6 is 22.6 Å². The molecule has 0 amide bonds. The van der Waals surface area contributed by atoms with E-state index in [1.165, 1.54) is 25.2 Å². The molecule has 0 fully saturated rings. The third-order valence-electron chi connectivity index (χ3n) is 2.55. The van der Waals surface area contributed by atoms with E-state index >= 15 is 0 Å². The van der Waals surface area contributed by atoms with Crippen LogP contribution in [0.1, 0.15) is 5.76 Å². The molecule has 0 unspecified atom stereocenters. The Morgan fingerprint density at radius 3 is 2.70 bits per heavy atom. The molecule has 0 spiro atoms. The summed E-state index contributed by atoms with van der Waals surface area (Å²) in [6, 6.07) is 7.34. The van der Waals surface area contributed by atoms with Gasteiger partial charge in [-0.05, 0) is 60.0 Å². The Labute approximate surface area is 129 Å². The summed E-state index contributed by atoms with van der Waals surface area (Å²) in [6.07, 6.45) is 0. The normalized spacial score (nSPS) is 11.6. The second-order valence-corrected chi connectivity index (χ2v) is 6.89. The average molecular weight is 410 g/mol. The number of hydrogen-bond acceptors (Lipinski definition) is 4. The van der Waals surface area contributed by atoms with Crippen LogP contribution in [0.5, 0.6) is 0 Å². The number of rotatable bonds is 5. The van der Waals surface area contributed by atoms with E-state index in [1.807, 2.05) is 22.6 Å². The van der Waals surface area contributed by atoms with Crippen molar-refractivity contribution < 1.29 is 17.2 Å². The predicted octanol–water partition coefficient (Wildman–Crippen LogP) is 2.54. The zero-order valence-corrected chi connectivity index (χ0v) is 13.5. The van der Waals surface area contributed by atoms with Crippen molar-refractivity contribution in [3.8, 4) is 0 Å². The summed E-state index contributed by atoms with van der Waals surface area (Å²) in [7, 11) is -2.25. The first-order valence-electron chi connectivity index (χ1n) is 5.63. The first kappa shape index (κ1) is 15.3. The Bertz CT molecular complexity index is 715. The van der Waals surface area contributed by atoms with E-state index < -0.39 is 10.0 Å². The molecular weight excluding hydrogens is 398 g/mol. The van der Waals surface area contributed by atoms with Gasteiger partial charge in [0.05, 0.1) is 6.54 Å². The lowest BCUT2D eigenvalue weighted by atomic mass is 10.3. The third kappa shape index (κ3) is 3.49. The molecule has 1 aromatic carbocycles. The number of benzene rings is 1. The van der Waals surface area contributed by atoms with Gasteiger partial charge in [0.25, 0.3) is 10.0 Å². The van der Waals surface area contributed by atoms with Gasteiger partial charge in [-0.2, -0.15) is 0 Å². The van der Waals surface area contributed by atoms with E-state index in [9.17, 15) is 12.8 Å². The van der Waals surface area contributed by atoms with Crippen LogP contribution in [-0.2, 0) is 16.6 Å². The molecule has 8 heteroatoms. The van der Waals surface area contributed by atoms with Gasteiger partial charge >= 0.3 is 0 Å². The first-order valence-corrected chi connectivity index (χ1v) is 8.20. The van der Waals surface area contributed by atoms with E-state index in [1.54, 1.807) is 12.1 Å². The van der Waals surface area contributed by atoms with Crippen LogP contribution in [0.2, 0.25) is 0 Å².